The lowest BCUT2D eigenvalue weighted by molar-refractivity contribution is -0.139. The highest BCUT2D eigenvalue weighted by atomic mass is 32.2. The van der Waals surface area contributed by atoms with E-state index in [2.05, 4.69) is 5.32 Å². The summed E-state index contributed by atoms with van der Waals surface area (Å²) in [6.45, 7) is 0. The van der Waals surface area contributed by atoms with E-state index in [9.17, 15) is 9.59 Å². The van der Waals surface area contributed by atoms with Crippen LogP contribution in [0.4, 0.5) is 4.79 Å². The molecule has 0 aromatic carbocycles. The third-order valence-corrected chi connectivity index (χ3v) is 1.87. The summed E-state index contributed by atoms with van der Waals surface area (Å²) in [6, 6.07) is -0.866. The maximum Gasteiger partial charge on any atom is 0.326 e. The van der Waals surface area contributed by atoms with Crippen LogP contribution < -0.4 is 5.32 Å². The fourth-order valence-electron chi connectivity index (χ4n) is 0.665. The molecule has 0 aliphatic rings. The van der Waals surface area contributed by atoms with Crippen LogP contribution in [0.15, 0.2) is 0 Å². The number of amides is 1. The average Bonchev–Trinajstić information content (AvgIpc) is 1.96. The van der Waals surface area contributed by atoms with Crippen molar-refractivity contribution in [3.8, 4) is 0 Å². The summed E-state index contributed by atoms with van der Waals surface area (Å²) < 4.78 is 0. The van der Waals surface area contributed by atoms with Crippen molar-refractivity contribution in [2.75, 3.05) is 12.0 Å². The number of carbonyl (C=O) groups excluding carboxylic acids is 1. The monoisotopic (exact) mass is 187 g/mol. The van der Waals surface area contributed by atoms with E-state index in [0.29, 0.717) is 12.2 Å². The van der Waals surface area contributed by atoms with Crippen molar-refractivity contribution in [3.05, 3.63) is 0 Å². The number of rotatable bonds is 5. The van der Waals surface area contributed by atoms with Gasteiger partial charge in [-0.25, -0.2) is 4.79 Å². The van der Waals surface area contributed by atoms with Crippen LogP contribution in [0.1, 0.15) is 6.42 Å². The second-order valence-electron chi connectivity index (χ2n) is 2.18. The van der Waals surface area contributed by atoms with Crippen LogP contribution in [0.25, 0.3) is 0 Å². The Hall–Kier alpha value is -0.645. The van der Waals surface area contributed by atoms with Gasteiger partial charge >= 0.3 is 5.97 Å². The molecule has 0 rings (SSSR count). The van der Waals surface area contributed by atoms with Crippen molar-refractivity contribution in [2.45, 2.75) is 12.5 Å². The van der Waals surface area contributed by atoms with E-state index >= 15 is 0 Å². The highest BCUT2D eigenvalue weighted by Crippen LogP contribution is 2.00. The Bertz CT molecular complexity index is 176. The van der Waals surface area contributed by atoms with Crippen LogP contribution in [0.2, 0.25) is 0 Å². The molecule has 66 valence electrons. The first-order chi connectivity index (χ1) is 5.57. The topological polar surface area (TPSA) is 66.4 Å². The van der Waals surface area contributed by atoms with Gasteiger partial charge in [-0.2, -0.15) is 11.8 Å². The molecule has 6 heteroatoms. The van der Waals surface area contributed by atoms with Crippen molar-refractivity contribution < 1.29 is 14.7 Å². The van der Waals surface area contributed by atoms with Crippen molar-refractivity contribution in [2.24, 2.45) is 0 Å². The summed E-state index contributed by atoms with van der Waals surface area (Å²) in [5, 5.41) is 10.7. The molecule has 12 heavy (non-hydrogen) atoms. The fourth-order valence-corrected chi connectivity index (χ4v) is 1.14. The Morgan fingerprint density at radius 3 is 2.58 bits per heavy atom. The molecule has 1 unspecified atom stereocenters. The first-order valence-corrected chi connectivity index (χ1v) is 4.75. The number of thioether (sulfide) groups is 1. The molecule has 0 spiro atoms. The van der Waals surface area contributed by atoms with Gasteiger partial charge in [-0.05, 0) is 18.4 Å². The van der Waals surface area contributed by atoms with Gasteiger partial charge in [0, 0.05) is 0 Å². The molecule has 0 aromatic heterocycles. The van der Waals surface area contributed by atoms with E-state index in [0.717, 1.165) is 0 Å². The van der Waals surface area contributed by atoms with Crippen LogP contribution >= 0.6 is 11.8 Å². The van der Waals surface area contributed by atoms with Crippen molar-refractivity contribution in [3.63, 3.8) is 0 Å². The zero-order chi connectivity index (χ0) is 9.56. The molecule has 1 atom stereocenters. The van der Waals surface area contributed by atoms with Crippen LogP contribution in [0, 0.1) is 0 Å². The Morgan fingerprint density at radius 1 is 1.67 bits per heavy atom. The largest absolute Gasteiger partial charge is 0.480 e. The Balaban J connectivity index is 3.87. The maximum absolute atomic E-state index is 10.5. The summed E-state index contributed by atoms with van der Waals surface area (Å²) in [5.41, 5.74) is 0. The Labute approximate surface area is 76.5 Å². The zero-order valence-electron chi connectivity index (χ0n) is 6.74. The molecule has 0 aliphatic carbocycles. The van der Waals surface area contributed by atoms with Gasteiger partial charge in [0.2, 0.25) is 7.85 Å². The number of carbonyl (C=O) groups is 2. The number of hydrogen-bond acceptors (Lipinski definition) is 3. The average molecular weight is 187 g/mol. The quantitative estimate of drug-likeness (QED) is 0.597. The van der Waals surface area contributed by atoms with Crippen molar-refractivity contribution in [1.82, 2.24) is 5.32 Å². The van der Waals surface area contributed by atoms with E-state index in [1.807, 2.05) is 6.26 Å². The van der Waals surface area contributed by atoms with Crippen LogP contribution in [0.3, 0.4) is 0 Å². The minimum atomic E-state index is -1.05. The molecule has 0 aliphatic heterocycles. The molecular formula is C6H10BNO3S. The number of hydrogen-bond donors (Lipinski definition) is 2. The summed E-state index contributed by atoms with van der Waals surface area (Å²) in [4.78, 5) is 20.8. The lowest BCUT2D eigenvalue weighted by Gasteiger charge is -2.11. The fraction of sp³-hybridized carbons (Fsp3) is 0.667. The van der Waals surface area contributed by atoms with E-state index < -0.39 is 17.8 Å². The highest BCUT2D eigenvalue weighted by Gasteiger charge is 2.16. The van der Waals surface area contributed by atoms with E-state index in [1.165, 1.54) is 11.8 Å². The summed E-state index contributed by atoms with van der Waals surface area (Å²) in [7, 11) is 4.78. The second kappa shape index (κ2) is 5.94. The molecule has 0 aromatic rings. The predicted molar refractivity (Wildman–Crippen MR) is 48.7 cm³/mol. The van der Waals surface area contributed by atoms with Gasteiger partial charge in [0.25, 0.3) is 0 Å². The van der Waals surface area contributed by atoms with Gasteiger partial charge in [0.1, 0.15) is 6.04 Å². The first kappa shape index (κ1) is 11.4. The molecule has 0 saturated carbocycles. The van der Waals surface area contributed by atoms with Gasteiger partial charge in [0.05, 0.1) is 0 Å². The van der Waals surface area contributed by atoms with E-state index in [1.54, 1.807) is 0 Å². The second-order valence-corrected chi connectivity index (χ2v) is 3.17. The van der Waals surface area contributed by atoms with E-state index in [-0.39, 0.29) is 0 Å². The minimum Gasteiger partial charge on any atom is -0.480 e. The third kappa shape index (κ3) is 5.06. The van der Waals surface area contributed by atoms with Crippen molar-refractivity contribution >= 4 is 31.4 Å². The molecule has 0 heterocycles. The Kier molecular flexibility index (Phi) is 5.62. The van der Waals surface area contributed by atoms with Crippen LogP contribution in [-0.2, 0) is 4.79 Å². The standard InChI is InChI=1S/C6H10BNO3S/c1-12-3-2-4(5(9)10)8-6(7)11/h4H,2-3H2,1H3,(H,8,11)(H,9,10). The van der Waals surface area contributed by atoms with Gasteiger partial charge in [-0.3, -0.25) is 4.79 Å². The zero-order valence-corrected chi connectivity index (χ0v) is 7.56. The van der Waals surface area contributed by atoms with Gasteiger partial charge in [0.15, 0.2) is 5.81 Å². The van der Waals surface area contributed by atoms with Crippen LogP contribution in [-0.4, -0.2) is 42.8 Å². The van der Waals surface area contributed by atoms with Gasteiger partial charge in [-0.15, -0.1) is 0 Å². The maximum atomic E-state index is 10.5. The molecule has 2 radical (unpaired) electrons. The lowest BCUT2D eigenvalue weighted by atomic mass is 10.1. The minimum absolute atomic E-state index is 0.388. The molecule has 0 saturated heterocycles. The number of carboxylic acids is 1. The molecule has 1 amide bonds. The van der Waals surface area contributed by atoms with E-state index in [4.69, 9.17) is 13.0 Å². The highest BCUT2D eigenvalue weighted by molar-refractivity contribution is 7.98. The number of carboxylic acid groups (broad SMARTS) is 1. The Morgan fingerprint density at radius 2 is 2.25 bits per heavy atom. The number of nitrogens with one attached hydrogen (secondary N) is 1. The lowest BCUT2D eigenvalue weighted by Crippen LogP contribution is -2.40. The summed E-state index contributed by atoms with van der Waals surface area (Å²) in [5.74, 6) is -1.18. The SMILES string of the molecule is [B]C(=O)NC(CCSC)C(=O)O. The van der Waals surface area contributed by atoms with Crippen molar-refractivity contribution in [1.29, 1.82) is 0 Å². The molecule has 0 fully saturated rings. The summed E-state index contributed by atoms with van der Waals surface area (Å²) >= 11 is 1.52. The molecule has 2 N–H and O–H groups in total. The summed E-state index contributed by atoms with van der Waals surface area (Å²) in [6.07, 6.45) is 2.25. The van der Waals surface area contributed by atoms with Crippen LogP contribution in [0.5, 0.6) is 0 Å². The smallest absolute Gasteiger partial charge is 0.326 e. The number of aliphatic carboxylic acids is 1. The normalized spacial score (nSPS) is 12.1. The first-order valence-electron chi connectivity index (χ1n) is 3.35. The van der Waals surface area contributed by atoms with Gasteiger partial charge in [-0.1, -0.05) is 0 Å². The predicted octanol–water partition coefficient (Wildman–Crippen LogP) is 0.0708. The third-order valence-electron chi connectivity index (χ3n) is 1.23. The molecule has 0 bridgehead atoms. The molecular weight excluding hydrogens is 177 g/mol. The molecule has 4 nitrogen and oxygen atoms in total. The van der Waals surface area contributed by atoms with Gasteiger partial charge < -0.3 is 10.4 Å².